The molecule has 2 rings (SSSR count). The number of nitrogens with zero attached hydrogens (tertiary/aromatic N) is 1. The highest BCUT2D eigenvalue weighted by Crippen LogP contribution is 2.21. The van der Waals surface area contributed by atoms with E-state index in [-0.39, 0.29) is 11.9 Å². The molecule has 18 heavy (non-hydrogen) atoms. The van der Waals surface area contributed by atoms with E-state index in [9.17, 15) is 4.79 Å². The number of amides is 1. The van der Waals surface area contributed by atoms with Gasteiger partial charge >= 0.3 is 0 Å². The predicted molar refractivity (Wildman–Crippen MR) is 76.4 cm³/mol. The summed E-state index contributed by atoms with van der Waals surface area (Å²) in [7, 11) is 0. The molecule has 1 aromatic carbocycles. The number of rotatable bonds is 3. The number of nitrogens with one attached hydrogen (secondary N) is 1. The lowest BCUT2D eigenvalue weighted by atomic mass is 10.1. The Morgan fingerprint density at radius 2 is 2.28 bits per heavy atom. The van der Waals surface area contributed by atoms with Crippen LogP contribution in [0.2, 0.25) is 0 Å². The highest BCUT2D eigenvalue weighted by atomic mass is 79.9. The molecule has 1 aliphatic heterocycles. The summed E-state index contributed by atoms with van der Waals surface area (Å²) in [5.41, 5.74) is 6.71. The molecular formula is C13H18BrN3O. The van der Waals surface area contributed by atoms with Crippen molar-refractivity contribution in [3.63, 3.8) is 0 Å². The third-order valence-corrected chi connectivity index (χ3v) is 3.75. The summed E-state index contributed by atoms with van der Waals surface area (Å²) in [4.78, 5) is 14.0. The van der Waals surface area contributed by atoms with E-state index in [0.717, 1.165) is 36.1 Å². The summed E-state index contributed by atoms with van der Waals surface area (Å²) in [5, 5.41) is 2.90. The minimum atomic E-state index is 0.0102. The maximum Gasteiger partial charge on any atom is 0.238 e. The first kappa shape index (κ1) is 13.5. The van der Waals surface area contributed by atoms with Crippen molar-refractivity contribution in [1.82, 2.24) is 4.90 Å². The average Bonchev–Trinajstić information content (AvgIpc) is 2.32. The number of hydrogen-bond donors (Lipinski definition) is 2. The second-order valence-corrected chi connectivity index (χ2v) is 5.52. The largest absolute Gasteiger partial charge is 0.327 e. The first-order valence-electron chi connectivity index (χ1n) is 6.17. The van der Waals surface area contributed by atoms with Crippen molar-refractivity contribution in [3.8, 4) is 0 Å². The molecule has 5 heteroatoms. The predicted octanol–water partition coefficient (Wildman–Crippen LogP) is 1.81. The Morgan fingerprint density at radius 3 is 3.00 bits per heavy atom. The van der Waals surface area contributed by atoms with Crippen LogP contribution in [0.5, 0.6) is 0 Å². The summed E-state index contributed by atoms with van der Waals surface area (Å²) in [6.45, 7) is 2.18. The van der Waals surface area contributed by atoms with Crippen LogP contribution in [0, 0.1) is 0 Å². The van der Waals surface area contributed by atoms with E-state index in [1.54, 1.807) is 0 Å². The number of carbonyl (C=O) groups excluding carboxylic acids is 1. The van der Waals surface area contributed by atoms with Crippen molar-refractivity contribution in [3.05, 3.63) is 28.7 Å². The maximum atomic E-state index is 11.9. The van der Waals surface area contributed by atoms with Gasteiger partial charge in [-0.1, -0.05) is 12.1 Å². The first-order valence-corrected chi connectivity index (χ1v) is 6.97. The molecule has 0 saturated carbocycles. The zero-order valence-corrected chi connectivity index (χ0v) is 11.8. The quantitative estimate of drug-likeness (QED) is 0.895. The van der Waals surface area contributed by atoms with E-state index in [0.29, 0.717) is 6.54 Å². The topological polar surface area (TPSA) is 58.4 Å². The van der Waals surface area contributed by atoms with Crippen molar-refractivity contribution in [2.75, 3.05) is 25.0 Å². The molecule has 0 aliphatic carbocycles. The average molecular weight is 312 g/mol. The number of halogens is 1. The van der Waals surface area contributed by atoms with Gasteiger partial charge in [-0.2, -0.15) is 0 Å². The van der Waals surface area contributed by atoms with Gasteiger partial charge in [0.15, 0.2) is 0 Å². The Hall–Kier alpha value is -0.910. The normalized spacial score (nSPS) is 20.7. The Kier molecular flexibility index (Phi) is 4.74. The molecule has 1 fully saturated rings. The third-order valence-electron chi connectivity index (χ3n) is 3.06. The van der Waals surface area contributed by atoms with Gasteiger partial charge < -0.3 is 11.1 Å². The molecule has 0 aromatic heterocycles. The fourth-order valence-corrected chi connectivity index (χ4v) is 2.57. The second kappa shape index (κ2) is 6.31. The fraction of sp³-hybridized carbons (Fsp3) is 0.462. The van der Waals surface area contributed by atoms with Gasteiger partial charge in [0.05, 0.1) is 12.2 Å². The van der Waals surface area contributed by atoms with Crippen LogP contribution in [0.3, 0.4) is 0 Å². The Morgan fingerprint density at radius 1 is 1.50 bits per heavy atom. The zero-order chi connectivity index (χ0) is 13.0. The van der Waals surface area contributed by atoms with E-state index < -0.39 is 0 Å². The number of hydrogen-bond acceptors (Lipinski definition) is 3. The van der Waals surface area contributed by atoms with Crippen LogP contribution >= 0.6 is 15.9 Å². The summed E-state index contributed by atoms with van der Waals surface area (Å²) in [6, 6.07) is 7.81. The molecule has 1 unspecified atom stereocenters. The van der Waals surface area contributed by atoms with Crippen LogP contribution in [-0.4, -0.2) is 36.5 Å². The van der Waals surface area contributed by atoms with E-state index in [4.69, 9.17) is 5.73 Å². The molecule has 1 atom stereocenters. The van der Waals surface area contributed by atoms with Gasteiger partial charge in [0, 0.05) is 17.1 Å². The molecule has 98 valence electrons. The number of nitrogens with two attached hydrogens (primary N) is 1. The number of likely N-dealkylation sites (tertiary alicyclic amines) is 1. The third kappa shape index (κ3) is 3.80. The van der Waals surface area contributed by atoms with E-state index in [2.05, 4.69) is 26.1 Å². The highest BCUT2D eigenvalue weighted by Gasteiger charge is 2.18. The lowest BCUT2D eigenvalue weighted by Crippen LogP contribution is -2.45. The molecule has 1 aromatic rings. The molecule has 1 heterocycles. The van der Waals surface area contributed by atoms with Gasteiger partial charge in [0.25, 0.3) is 0 Å². The molecule has 1 amide bonds. The fourth-order valence-electron chi connectivity index (χ4n) is 2.19. The first-order chi connectivity index (χ1) is 8.65. The van der Waals surface area contributed by atoms with E-state index in [1.807, 2.05) is 24.3 Å². The summed E-state index contributed by atoms with van der Waals surface area (Å²) < 4.78 is 0.897. The lowest BCUT2D eigenvalue weighted by Gasteiger charge is -2.29. The minimum absolute atomic E-state index is 0.0102. The van der Waals surface area contributed by atoms with Crippen LogP contribution in [0.1, 0.15) is 12.8 Å². The zero-order valence-electron chi connectivity index (χ0n) is 10.2. The minimum Gasteiger partial charge on any atom is -0.327 e. The molecule has 0 spiro atoms. The number of para-hydroxylation sites is 1. The summed E-state index contributed by atoms with van der Waals surface area (Å²) in [5.74, 6) is 0.0102. The number of carbonyl (C=O) groups is 1. The van der Waals surface area contributed by atoms with Crippen molar-refractivity contribution < 1.29 is 4.79 Å². The summed E-state index contributed by atoms with van der Waals surface area (Å²) in [6.07, 6.45) is 2.13. The number of anilines is 1. The maximum absolute atomic E-state index is 11.9. The van der Waals surface area contributed by atoms with Crippen LogP contribution in [-0.2, 0) is 4.79 Å². The van der Waals surface area contributed by atoms with Crippen LogP contribution in [0.15, 0.2) is 28.7 Å². The van der Waals surface area contributed by atoms with Crippen LogP contribution < -0.4 is 11.1 Å². The van der Waals surface area contributed by atoms with Crippen molar-refractivity contribution in [2.24, 2.45) is 5.73 Å². The molecule has 0 bridgehead atoms. The standard InChI is InChI=1S/C13H18BrN3O/c14-11-5-1-2-6-12(11)16-13(18)9-17-7-3-4-10(15)8-17/h1-2,5-6,10H,3-4,7-9,15H2,(H,16,18). The second-order valence-electron chi connectivity index (χ2n) is 4.67. The van der Waals surface area contributed by atoms with Gasteiger partial charge in [0.1, 0.15) is 0 Å². The van der Waals surface area contributed by atoms with Crippen molar-refractivity contribution in [1.29, 1.82) is 0 Å². The molecule has 4 nitrogen and oxygen atoms in total. The van der Waals surface area contributed by atoms with E-state index >= 15 is 0 Å². The Balaban J connectivity index is 1.87. The van der Waals surface area contributed by atoms with Crippen LogP contribution in [0.4, 0.5) is 5.69 Å². The van der Waals surface area contributed by atoms with Crippen molar-refractivity contribution >= 4 is 27.5 Å². The lowest BCUT2D eigenvalue weighted by molar-refractivity contribution is -0.117. The molecule has 1 aliphatic rings. The Labute approximate surface area is 116 Å². The number of piperidine rings is 1. The van der Waals surface area contributed by atoms with Gasteiger partial charge in [-0.05, 0) is 47.4 Å². The van der Waals surface area contributed by atoms with E-state index in [1.165, 1.54) is 0 Å². The molecule has 1 saturated heterocycles. The van der Waals surface area contributed by atoms with Gasteiger partial charge in [-0.25, -0.2) is 0 Å². The smallest absolute Gasteiger partial charge is 0.238 e. The molecule has 3 N–H and O–H groups in total. The van der Waals surface area contributed by atoms with Crippen LogP contribution in [0.25, 0.3) is 0 Å². The van der Waals surface area contributed by atoms with Gasteiger partial charge in [-0.3, -0.25) is 9.69 Å². The monoisotopic (exact) mass is 311 g/mol. The number of benzene rings is 1. The van der Waals surface area contributed by atoms with Gasteiger partial charge in [0.2, 0.25) is 5.91 Å². The SMILES string of the molecule is NC1CCCN(CC(=O)Nc2ccccc2Br)C1. The van der Waals surface area contributed by atoms with Gasteiger partial charge in [-0.15, -0.1) is 0 Å². The summed E-state index contributed by atoms with van der Waals surface area (Å²) >= 11 is 3.41. The highest BCUT2D eigenvalue weighted by molar-refractivity contribution is 9.10. The molecule has 0 radical (unpaired) electrons. The van der Waals surface area contributed by atoms with Crippen molar-refractivity contribution in [2.45, 2.75) is 18.9 Å². The molecular weight excluding hydrogens is 294 g/mol. The Bertz CT molecular complexity index is 424.